The Morgan fingerprint density at radius 3 is 1.56 bits per heavy atom. The fraction of sp³-hybridized carbons (Fsp3) is 0. The lowest BCUT2D eigenvalue weighted by molar-refractivity contribution is -0.390. The second-order valence-corrected chi connectivity index (χ2v) is 2.64. The highest BCUT2D eigenvalue weighted by atomic mass is 16.6. The van der Waals surface area contributed by atoms with E-state index in [0.29, 0.717) is 0 Å². The van der Waals surface area contributed by atoms with Crippen LogP contribution in [0.3, 0.4) is 0 Å². The van der Waals surface area contributed by atoms with Gasteiger partial charge in [-0.2, -0.15) is 0 Å². The molecule has 94 valence electrons. The molecule has 2 rings (SSSR count). The molecule has 0 saturated carbocycles. The van der Waals surface area contributed by atoms with Crippen LogP contribution in [0.1, 0.15) is 0 Å². The van der Waals surface area contributed by atoms with Crippen molar-refractivity contribution in [2.24, 2.45) is 0 Å². The molecule has 0 bridgehead atoms. The molecule has 0 saturated heterocycles. The molecule has 0 aliphatic rings. The molecule has 18 heavy (non-hydrogen) atoms. The Labute approximate surface area is 95.1 Å². The summed E-state index contributed by atoms with van der Waals surface area (Å²) >= 11 is 0. The van der Waals surface area contributed by atoms with E-state index >= 15 is 0 Å². The predicted molar refractivity (Wildman–Crippen MR) is 49.2 cm³/mol. The van der Waals surface area contributed by atoms with Crippen molar-refractivity contribution >= 4 is 23.3 Å². The van der Waals surface area contributed by atoms with E-state index in [1.165, 1.54) is 0 Å². The molecule has 2 aromatic rings. The van der Waals surface area contributed by atoms with E-state index in [1.54, 1.807) is 0 Å². The van der Waals surface area contributed by atoms with E-state index in [1.807, 2.05) is 0 Å². The fourth-order valence-electron chi connectivity index (χ4n) is 0.883. The SMILES string of the molecule is O=[N+]([O-])c1nonc1NNc1nonc1[N+](=O)[O-]. The lowest BCUT2D eigenvalue weighted by Crippen LogP contribution is -2.12. The number of hydrogen-bond acceptors (Lipinski definition) is 12. The van der Waals surface area contributed by atoms with Crippen LogP contribution < -0.4 is 10.9 Å². The van der Waals surface area contributed by atoms with Crippen LogP contribution in [-0.4, -0.2) is 30.5 Å². The molecule has 0 aliphatic heterocycles. The summed E-state index contributed by atoms with van der Waals surface area (Å²) in [4.78, 5) is 19.1. The Balaban J connectivity index is 2.12. The van der Waals surface area contributed by atoms with Gasteiger partial charge in [0.05, 0.1) is 0 Å². The molecule has 14 heteroatoms. The molecule has 0 aliphatic carbocycles. The van der Waals surface area contributed by atoms with Gasteiger partial charge in [-0.1, -0.05) is 0 Å². The van der Waals surface area contributed by atoms with Crippen LogP contribution >= 0.6 is 0 Å². The minimum atomic E-state index is -0.865. The molecule has 0 spiro atoms. The van der Waals surface area contributed by atoms with Gasteiger partial charge in [0.25, 0.3) is 11.6 Å². The quantitative estimate of drug-likeness (QED) is 0.526. The third-order valence-corrected chi connectivity index (χ3v) is 1.59. The van der Waals surface area contributed by atoms with Gasteiger partial charge in [-0.15, -0.1) is 9.26 Å². The third kappa shape index (κ3) is 1.96. The summed E-state index contributed by atoms with van der Waals surface area (Å²) in [5.74, 6) is -2.20. The lowest BCUT2D eigenvalue weighted by atomic mass is 10.6. The Morgan fingerprint density at radius 1 is 0.833 bits per heavy atom. The highest BCUT2D eigenvalue weighted by Gasteiger charge is 2.25. The zero-order chi connectivity index (χ0) is 13.1. The summed E-state index contributed by atoms with van der Waals surface area (Å²) in [5, 5.41) is 33.2. The molecule has 0 amide bonds. The summed E-state index contributed by atoms with van der Waals surface area (Å²) < 4.78 is 8.23. The number of hydrogen-bond donors (Lipinski definition) is 2. The first-order valence-corrected chi connectivity index (χ1v) is 4.05. The summed E-state index contributed by atoms with van der Waals surface area (Å²) in [5.41, 5.74) is 4.29. The second kappa shape index (κ2) is 4.28. The van der Waals surface area contributed by atoms with Crippen LogP contribution in [0.5, 0.6) is 0 Å². The lowest BCUT2D eigenvalue weighted by Gasteiger charge is -1.99. The number of nitrogens with one attached hydrogen (secondary N) is 2. The molecule has 2 N–H and O–H groups in total. The van der Waals surface area contributed by atoms with E-state index in [2.05, 4.69) is 40.7 Å². The molecule has 2 aromatic heterocycles. The summed E-state index contributed by atoms with van der Waals surface area (Å²) in [6, 6.07) is 0. The maximum atomic E-state index is 10.4. The number of anilines is 2. The van der Waals surface area contributed by atoms with Crippen LogP contribution in [0.2, 0.25) is 0 Å². The molecular weight excluding hydrogens is 256 g/mol. The van der Waals surface area contributed by atoms with Crippen LogP contribution in [0.25, 0.3) is 0 Å². The zero-order valence-corrected chi connectivity index (χ0v) is 8.13. The topological polar surface area (TPSA) is 188 Å². The maximum Gasteiger partial charge on any atom is 0.460 e. The first-order chi connectivity index (χ1) is 8.59. The van der Waals surface area contributed by atoms with Crippen molar-refractivity contribution in [1.29, 1.82) is 0 Å². The Morgan fingerprint density at radius 2 is 1.22 bits per heavy atom. The van der Waals surface area contributed by atoms with Crippen LogP contribution in [0.15, 0.2) is 9.26 Å². The number of nitro groups is 2. The van der Waals surface area contributed by atoms with Gasteiger partial charge in [0.1, 0.15) is 0 Å². The third-order valence-electron chi connectivity index (χ3n) is 1.59. The number of aromatic nitrogens is 4. The normalized spacial score (nSPS) is 10.0. The van der Waals surface area contributed by atoms with Gasteiger partial charge in [0, 0.05) is 10.3 Å². The van der Waals surface area contributed by atoms with Gasteiger partial charge in [-0.25, -0.2) is 0 Å². The molecule has 2 heterocycles. The molecule has 0 unspecified atom stereocenters. The van der Waals surface area contributed by atoms with Gasteiger partial charge < -0.3 is 20.2 Å². The van der Waals surface area contributed by atoms with E-state index < -0.39 is 33.1 Å². The van der Waals surface area contributed by atoms with Gasteiger partial charge in [0.2, 0.25) is 0 Å². The smallest absolute Gasteiger partial charge is 0.358 e. The molecule has 0 radical (unpaired) electrons. The number of rotatable bonds is 5. The van der Waals surface area contributed by atoms with E-state index in [0.717, 1.165) is 0 Å². The zero-order valence-electron chi connectivity index (χ0n) is 8.13. The first kappa shape index (κ1) is 11.2. The van der Waals surface area contributed by atoms with E-state index in [4.69, 9.17) is 0 Å². The van der Waals surface area contributed by atoms with Crippen molar-refractivity contribution in [3.05, 3.63) is 20.2 Å². The van der Waals surface area contributed by atoms with Crippen molar-refractivity contribution in [2.75, 3.05) is 10.9 Å². The number of nitrogens with zero attached hydrogens (tertiary/aromatic N) is 6. The monoisotopic (exact) mass is 258 g/mol. The predicted octanol–water partition coefficient (Wildman–Crippen LogP) is -0.292. The van der Waals surface area contributed by atoms with Gasteiger partial charge in [0.15, 0.2) is 10.3 Å². The number of hydrazine groups is 1. The molecule has 0 fully saturated rings. The average molecular weight is 258 g/mol. The molecular formula is C4H2N8O6. The molecule has 0 aromatic carbocycles. The molecule has 14 nitrogen and oxygen atoms in total. The van der Waals surface area contributed by atoms with Crippen molar-refractivity contribution in [3.8, 4) is 0 Å². The van der Waals surface area contributed by atoms with Crippen molar-refractivity contribution in [2.45, 2.75) is 0 Å². The Hall–Kier alpha value is -3.32. The van der Waals surface area contributed by atoms with Gasteiger partial charge in [-0.3, -0.25) is 10.9 Å². The van der Waals surface area contributed by atoms with E-state index in [-0.39, 0.29) is 0 Å². The van der Waals surface area contributed by atoms with E-state index in [9.17, 15) is 20.2 Å². The van der Waals surface area contributed by atoms with Gasteiger partial charge >= 0.3 is 11.6 Å². The average Bonchev–Trinajstić information content (AvgIpc) is 2.94. The minimum absolute atomic E-state index is 0.391. The van der Waals surface area contributed by atoms with Crippen molar-refractivity contribution in [1.82, 2.24) is 20.6 Å². The van der Waals surface area contributed by atoms with Crippen molar-refractivity contribution in [3.63, 3.8) is 0 Å². The van der Waals surface area contributed by atoms with Crippen LogP contribution in [0.4, 0.5) is 23.3 Å². The summed E-state index contributed by atoms with van der Waals surface area (Å²) in [7, 11) is 0. The molecule has 0 atom stereocenters. The summed E-state index contributed by atoms with van der Waals surface area (Å²) in [6.45, 7) is 0. The first-order valence-electron chi connectivity index (χ1n) is 4.05. The van der Waals surface area contributed by atoms with Crippen LogP contribution in [0, 0.1) is 20.2 Å². The van der Waals surface area contributed by atoms with Gasteiger partial charge in [-0.05, 0) is 9.85 Å². The fourth-order valence-corrected chi connectivity index (χ4v) is 0.883. The highest BCUT2D eigenvalue weighted by molar-refractivity contribution is 5.56. The highest BCUT2D eigenvalue weighted by Crippen LogP contribution is 2.21. The largest absolute Gasteiger partial charge is 0.460 e. The Kier molecular flexibility index (Phi) is 2.65. The summed E-state index contributed by atoms with van der Waals surface area (Å²) in [6.07, 6.45) is 0. The Bertz CT molecular complexity index is 536. The maximum absolute atomic E-state index is 10.4. The second-order valence-electron chi connectivity index (χ2n) is 2.64. The minimum Gasteiger partial charge on any atom is -0.358 e. The standard InChI is InChI=1S/C4H2N8O6/c13-11(14)3-1(7-17-9-3)5-6-2-4(12(15)16)10-18-8-2/h(H,5,7)(H,6,8). The van der Waals surface area contributed by atoms with Crippen molar-refractivity contribution < 1.29 is 19.1 Å². The van der Waals surface area contributed by atoms with Crippen LogP contribution in [-0.2, 0) is 0 Å².